The van der Waals surface area contributed by atoms with Crippen molar-refractivity contribution in [3.8, 4) is 5.75 Å². The van der Waals surface area contributed by atoms with Gasteiger partial charge in [0.25, 0.3) is 6.43 Å². The molecule has 0 aliphatic carbocycles. The topological polar surface area (TPSA) is 46.2 Å². The molecule has 0 aliphatic heterocycles. The van der Waals surface area contributed by atoms with Crippen LogP contribution < -0.4 is 5.73 Å². The molecule has 2 nitrogen and oxygen atoms in total. The Balaban J connectivity index is 0.00000169. The largest absolute Gasteiger partial charge is 0.507 e. The Morgan fingerprint density at radius 1 is 1.36 bits per heavy atom. The number of para-hydroxylation sites is 1. The third-order valence-corrected chi connectivity index (χ3v) is 1.90. The molecule has 5 heteroatoms. The first-order valence-electron chi connectivity index (χ1n) is 3.86. The van der Waals surface area contributed by atoms with Crippen molar-refractivity contribution in [3.63, 3.8) is 0 Å². The molecule has 3 N–H and O–H groups in total. The molecule has 1 aromatic rings. The summed E-state index contributed by atoms with van der Waals surface area (Å²) in [6.07, 6.45) is -2.66. The Morgan fingerprint density at radius 3 is 2.43 bits per heavy atom. The van der Waals surface area contributed by atoms with Gasteiger partial charge in [0.15, 0.2) is 0 Å². The minimum absolute atomic E-state index is 0. The van der Waals surface area contributed by atoms with Crippen molar-refractivity contribution in [2.45, 2.75) is 19.4 Å². The van der Waals surface area contributed by atoms with E-state index in [-0.39, 0.29) is 23.7 Å². The van der Waals surface area contributed by atoms with E-state index in [9.17, 15) is 13.9 Å². The van der Waals surface area contributed by atoms with Gasteiger partial charge < -0.3 is 10.8 Å². The number of halogens is 3. The fourth-order valence-electron chi connectivity index (χ4n) is 1.09. The number of hydrogen-bond donors (Lipinski definition) is 2. The standard InChI is InChI=1S/C9H11F2NO.ClH/c1-5-3-2-4-6(8(5)13)7(12)9(10)11;/h2-4,7,9,13H,12H2,1H3;1H/t7-;/m0./s1. The molecule has 1 aromatic carbocycles. The lowest BCUT2D eigenvalue weighted by atomic mass is 10.0. The van der Waals surface area contributed by atoms with Crippen molar-refractivity contribution < 1.29 is 13.9 Å². The zero-order chi connectivity index (χ0) is 10.0. The summed E-state index contributed by atoms with van der Waals surface area (Å²) >= 11 is 0. The molecule has 1 atom stereocenters. The molecule has 14 heavy (non-hydrogen) atoms. The highest BCUT2D eigenvalue weighted by molar-refractivity contribution is 5.85. The molecule has 0 heterocycles. The van der Waals surface area contributed by atoms with E-state index < -0.39 is 12.5 Å². The summed E-state index contributed by atoms with van der Waals surface area (Å²) in [5, 5.41) is 9.40. The van der Waals surface area contributed by atoms with Crippen LogP contribution in [0, 0.1) is 6.92 Å². The van der Waals surface area contributed by atoms with Crippen LogP contribution in [0.15, 0.2) is 18.2 Å². The number of aromatic hydroxyl groups is 1. The van der Waals surface area contributed by atoms with Gasteiger partial charge in [0.1, 0.15) is 5.75 Å². The van der Waals surface area contributed by atoms with Crippen molar-refractivity contribution in [1.82, 2.24) is 0 Å². The molecule has 0 saturated carbocycles. The number of benzene rings is 1. The van der Waals surface area contributed by atoms with E-state index in [0.717, 1.165) is 0 Å². The lowest BCUT2D eigenvalue weighted by Crippen LogP contribution is -2.19. The first-order chi connectivity index (χ1) is 6.04. The van der Waals surface area contributed by atoms with Crippen LogP contribution in [0.5, 0.6) is 5.75 Å². The Kier molecular flexibility index (Phi) is 4.80. The second-order valence-electron chi connectivity index (χ2n) is 2.87. The SMILES string of the molecule is Cc1cccc([C@H](N)C(F)F)c1O.Cl. The molecule has 80 valence electrons. The van der Waals surface area contributed by atoms with E-state index >= 15 is 0 Å². The normalized spacial score (nSPS) is 12.4. The summed E-state index contributed by atoms with van der Waals surface area (Å²) in [5.74, 6) is -0.143. The predicted octanol–water partition coefficient (Wildman–Crippen LogP) is 2.39. The molecular formula is C9H12ClF2NO. The van der Waals surface area contributed by atoms with Gasteiger partial charge in [-0.15, -0.1) is 12.4 Å². The van der Waals surface area contributed by atoms with Gasteiger partial charge in [-0.1, -0.05) is 18.2 Å². The lowest BCUT2D eigenvalue weighted by Gasteiger charge is -2.13. The summed E-state index contributed by atoms with van der Waals surface area (Å²) in [7, 11) is 0. The summed E-state index contributed by atoms with van der Waals surface area (Å²) in [5.41, 5.74) is 5.84. The van der Waals surface area contributed by atoms with Crippen molar-refractivity contribution in [2.75, 3.05) is 0 Å². The molecule has 0 amide bonds. The second-order valence-corrected chi connectivity index (χ2v) is 2.87. The predicted molar refractivity (Wildman–Crippen MR) is 53.0 cm³/mol. The third kappa shape index (κ3) is 2.56. The molecule has 1 rings (SSSR count). The molecule has 0 radical (unpaired) electrons. The Hall–Kier alpha value is -0.870. The van der Waals surface area contributed by atoms with Gasteiger partial charge in [0.05, 0.1) is 6.04 Å². The quantitative estimate of drug-likeness (QED) is 0.809. The third-order valence-electron chi connectivity index (χ3n) is 1.90. The molecule has 0 bridgehead atoms. The van der Waals surface area contributed by atoms with Crippen LogP contribution in [0.25, 0.3) is 0 Å². The number of phenolic OH excluding ortho intramolecular Hbond substituents is 1. The number of alkyl halides is 2. The molecule has 0 saturated heterocycles. The minimum atomic E-state index is -2.66. The maximum absolute atomic E-state index is 12.2. The van der Waals surface area contributed by atoms with Gasteiger partial charge in [-0.25, -0.2) is 8.78 Å². The molecule has 0 aromatic heterocycles. The van der Waals surface area contributed by atoms with E-state index in [1.54, 1.807) is 19.1 Å². The van der Waals surface area contributed by atoms with Crippen LogP contribution in [-0.2, 0) is 0 Å². The molecule has 0 fully saturated rings. The summed E-state index contributed by atoms with van der Waals surface area (Å²) in [4.78, 5) is 0. The van der Waals surface area contributed by atoms with Gasteiger partial charge >= 0.3 is 0 Å². The zero-order valence-electron chi connectivity index (χ0n) is 7.58. The molecular weight excluding hydrogens is 212 g/mol. The molecule has 0 aliphatic rings. The van der Waals surface area contributed by atoms with Gasteiger partial charge in [0.2, 0.25) is 0 Å². The highest BCUT2D eigenvalue weighted by atomic mass is 35.5. The maximum atomic E-state index is 12.2. The van der Waals surface area contributed by atoms with Gasteiger partial charge in [0, 0.05) is 5.56 Å². The average Bonchev–Trinajstić information content (AvgIpc) is 2.08. The zero-order valence-corrected chi connectivity index (χ0v) is 8.39. The fraction of sp³-hybridized carbons (Fsp3) is 0.333. The summed E-state index contributed by atoms with van der Waals surface area (Å²) < 4.78 is 24.4. The smallest absolute Gasteiger partial charge is 0.257 e. The Labute approximate surface area is 87.1 Å². The van der Waals surface area contributed by atoms with Crippen molar-refractivity contribution >= 4 is 12.4 Å². The van der Waals surface area contributed by atoms with E-state index in [1.165, 1.54) is 6.07 Å². The van der Waals surface area contributed by atoms with Crippen molar-refractivity contribution in [1.29, 1.82) is 0 Å². The van der Waals surface area contributed by atoms with E-state index in [1.807, 2.05) is 0 Å². The Morgan fingerprint density at radius 2 is 1.93 bits per heavy atom. The van der Waals surface area contributed by atoms with Crippen molar-refractivity contribution in [2.24, 2.45) is 5.73 Å². The van der Waals surface area contributed by atoms with Gasteiger partial charge in [-0.2, -0.15) is 0 Å². The average molecular weight is 224 g/mol. The summed E-state index contributed by atoms with van der Waals surface area (Å²) in [6.45, 7) is 1.64. The van der Waals surface area contributed by atoms with Crippen LogP contribution in [0.3, 0.4) is 0 Å². The van der Waals surface area contributed by atoms with E-state index in [2.05, 4.69) is 0 Å². The fourth-order valence-corrected chi connectivity index (χ4v) is 1.09. The lowest BCUT2D eigenvalue weighted by molar-refractivity contribution is 0.115. The van der Waals surface area contributed by atoms with Crippen LogP contribution in [-0.4, -0.2) is 11.5 Å². The Bertz CT molecular complexity index is 307. The van der Waals surface area contributed by atoms with E-state index in [0.29, 0.717) is 5.56 Å². The first-order valence-corrected chi connectivity index (χ1v) is 3.86. The highest BCUT2D eigenvalue weighted by Gasteiger charge is 2.20. The van der Waals surface area contributed by atoms with Gasteiger partial charge in [-0.3, -0.25) is 0 Å². The van der Waals surface area contributed by atoms with Gasteiger partial charge in [-0.05, 0) is 12.5 Å². The van der Waals surface area contributed by atoms with Crippen LogP contribution in [0.4, 0.5) is 8.78 Å². The number of nitrogens with two attached hydrogens (primary N) is 1. The maximum Gasteiger partial charge on any atom is 0.257 e. The second kappa shape index (κ2) is 5.12. The number of rotatable bonds is 2. The van der Waals surface area contributed by atoms with Crippen LogP contribution in [0.2, 0.25) is 0 Å². The number of hydrogen-bond acceptors (Lipinski definition) is 2. The first kappa shape index (κ1) is 13.1. The number of phenols is 1. The van der Waals surface area contributed by atoms with Crippen LogP contribution >= 0.6 is 12.4 Å². The number of aryl methyl sites for hydroxylation is 1. The molecule has 0 spiro atoms. The summed E-state index contributed by atoms with van der Waals surface area (Å²) in [6, 6.07) is 3.21. The van der Waals surface area contributed by atoms with Crippen molar-refractivity contribution in [3.05, 3.63) is 29.3 Å². The van der Waals surface area contributed by atoms with E-state index in [4.69, 9.17) is 5.73 Å². The van der Waals surface area contributed by atoms with Crippen LogP contribution in [0.1, 0.15) is 17.2 Å². The minimum Gasteiger partial charge on any atom is -0.507 e. The molecule has 0 unspecified atom stereocenters. The highest BCUT2D eigenvalue weighted by Crippen LogP contribution is 2.29. The monoisotopic (exact) mass is 223 g/mol.